The van der Waals surface area contributed by atoms with E-state index in [-0.39, 0.29) is 11.5 Å². The summed E-state index contributed by atoms with van der Waals surface area (Å²) in [5, 5.41) is 14.3. The Kier molecular flexibility index (Phi) is 6.45. The van der Waals surface area contributed by atoms with Crippen LogP contribution in [0.5, 0.6) is 0 Å². The summed E-state index contributed by atoms with van der Waals surface area (Å²) in [5.74, 6) is -0.866. The summed E-state index contributed by atoms with van der Waals surface area (Å²) in [6.45, 7) is 5.93. The molecule has 3 aromatic rings. The topological polar surface area (TPSA) is 97.0 Å². The number of rotatable bonds is 6. The minimum atomic E-state index is -0.504. The molecule has 0 atom stereocenters. The minimum Gasteiger partial charge on any atom is -0.462 e. The van der Waals surface area contributed by atoms with Gasteiger partial charge in [-0.05, 0) is 62.7 Å². The molecule has 3 rings (SSSR count). The average Bonchev–Trinajstić information content (AvgIpc) is 3.34. The molecule has 0 saturated carbocycles. The van der Waals surface area contributed by atoms with E-state index in [1.807, 2.05) is 42.7 Å². The smallest absolute Gasteiger partial charge is 0.338 e. The van der Waals surface area contributed by atoms with Gasteiger partial charge in [0.2, 0.25) is 0 Å². The predicted molar refractivity (Wildman–Crippen MR) is 116 cm³/mol. The lowest BCUT2D eigenvalue weighted by molar-refractivity contribution is -0.112. The van der Waals surface area contributed by atoms with Gasteiger partial charge in [0.15, 0.2) is 5.13 Å². The van der Waals surface area contributed by atoms with E-state index < -0.39 is 5.91 Å². The fraction of sp³-hybridized carbons (Fsp3) is 0.182. The van der Waals surface area contributed by atoms with Crippen molar-refractivity contribution in [3.05, 3.63) is 70.0 Å². The molecule has 0 aliphatic carbocycles. The Bertz CT molecular complexity index is 1140. The summed E-state index contributed by atoms with van der Waals surface area (Å²) in [6.07, 6.45) is 3.14. The maximum Gasteiger partial charge on any atom is 0.338 e. The van der Waals surface area contributed by atoms with Crippen molar-refractivity contribution in [2.45, 2.75) is 20.8 Å². The molecule has 1 N–H and O–H groups in total. The number of hydrogen-bond acceptors (Lipinski definition) is 6. The van der Waals surface area contributed by atoms with Crippen LogP contribution in [0.25, 0.3) is 11.8 Å². The molecule has 0 fully saturated rings. The first-order chi connectivity index (χ1) is 14.4. The van der Waals surface area contributed by atoms with Gasteiger partial charge < -0.3 is 9.30 Å². The molecule has 0 bridgehead atoms. The third-order valence-electron chi connectivity index (χ3n) is 4.42. The summed E-state index contributed by atoms with van der Waals surface area (Å²) < 4.78 is 7.01. The second-order valence-electron chi connectivity index (χ2n) is 6.39. The lowest BCUT2D eigenvalue weighted by atomic mass is 10.1. The van der Waals surface area contributed by atoms with Crippen LogP contribution in [0.2, 0.25) is 0 Å². The molecule has 0 aliphatic heterocycles. The summed E-state index contributed by atoms with van der Waals surface area (Å²) in [6, 6.07) is 11.0. The molecule has 2 heterocycles. The van der Waals surface area contributed by atoms with Gasteiger partial charge in [0.1, 0.15) is 11.6 Å². The Balaban J connectivity index is 1.89. The van der Waals surface area contributed by atoms with Gasteiger partial charge in [-0.1, -0.05) is 0 Å². The molecule has 0 aliphatic rings. The summed E-state index contributed by atoms with van der Waals surface area (Å²) in [7, 11) is 0. The van der Waals surface area contributed by atoms with Gasteiger partial charge in [0.25, 0.3) is 5.91 Å². The van der Waals surface area contributed by atoms with Crippen molar-refractivity contribution < 1.29 is 14.3 Å². The monoisotopic (exact) mass is 420 g/mol. The predicted octanol–water partition coefficient (Wildman–Crippen LogP) is 4.27. The summed E-state index contributed by atoms with van der Waals surface area (Å²) in [4.78, 5) is 28.2. The summed E-state index contributed by atoms with van der Waals surface area (Å²) in [5.41, 5.74) is 3.89. The second kappa shape index (κ2) is 9.20. The molecule has 0 unspecified atom stereocenters. The molecular formula is C22H20N4O3S. The largest absolute Gasteiger partial charge is 0.462 e. The molecule has 1 amide bonds. The van der Waals surface area contributed by atoms with Crippen LogP contribution in [0.15, 0.2) is 47.5 Å². The van der Waals surface area contributed by atoms with Crippen LogP contribution in [0.1, 0.15) is 34.2 Å². The highest BCUT2D eigenvalue weighted by Gasteiger charge is 2.15. The first-order valence-corrected chi connectivity index (χ1v) is 10.1. The van der Waals surface area contributed by atoms with Gasteiger partial charge in [-0.3, -0.25) is 10.1 Å². The number of hydrogen-bond donors (Lipinski definition) is 1. The van der Waals surface area contributed by atoms with Crippen molar-refractivity contribution in [3.8, 4) is 11.8 Å². The van der Waals surface area contributed by atoms with Gasteiger partial charge in [0.05, 0.1) is 12.2 Å². The molecule has 0 spiro atoms. The number of aryl methyl sites for hydroxylation is 1. The van der Waals surface area contributed by atoms with Crippen molar-refractivity contribution in [1.29, 1.82) is 5.26 Å². The zero-order valence-corrected chi connectivity index (χ0v) is 17.6. The Morgan fingerprint density at radius 2 is 2.03 bits per heavy atom. The molecule has 2 aromatic heterocycles. The van der Waals surface area contributed by atoms with Crippen LogP contribution in [-0.2, 0) is 9.53 Å². The van der Waals surface area contributed by atoms with Gasteiger partial charge in [0, 0.05) is 28.7 Å². The first-order valence-electron chi connectivity index (χ1n) is 9.23. The van der Waals surface area contributed by atoms with Crippen LogP contribution in [0.3, 0.4) is 0 Å². The number of thiazole rings is 1. The Morgan fingerprint density at radius 3 is 2.63 bits per heavy atom. The lowest BCUT2D eigenvalue weighted by Crippen LogP contribution is -2.13. The SMILES string of the molecule is CCOC(=O)c1ccc(-n2c(C)cc(/C=C(\C#N)C(=O)Nc3nccs3)c2C)cc1. The molecule has 7 nitrogen and oxygen atoms in total. The minimum absolute atomic E-state index is 0.0110. The number of anilines is 1. The number of nitrogens with one attached hydrogen (secondary N) is 1. The van der Waals surface area contributed by atoms with Crippen molar-refractivity contribution >= 4 is 34.4 Å². The molecule has 30 heavy (non-hydrogen) atoms. The highest BCUT2D eigenvalue weighted by atomic mass is 32.1. The number of amides is 1. The molecule has 8 heteroatoms. The van der Waals surface area contributed by atoms with E-state index in [4.69, 9.17) is 4.74 Å². The van der Waals surface area contributed by atoms with E-state index in [9.17, 15) is 14.9 Å². The number of carbonyl (C=O) groups excluding carboxylic acids is 2. The van der Waals surface area contributed by atoms with Crippen LogP contribution >= 0.6 is 11.3 Å². The summed E-state index contributed by atoms with van der Waals surface area (Å²) >= 11 is 1.28. The zero-order chi connectivity index (χ0) is 21.7. The number of nitriles is 1. The molecule has 0 radical (unpaired) electrons. The highest BCUT2D eigenvalue weighted by molar-refractivity contribution is 7.13. The quantitative estimate of drug-likeness (QED) is 0.365. The van der Waals surface area contributed by atoms with Gasteiger partial charge in [-0.15, -0.1) is 11.3 Å². The zero-order valence-electron chi connectivity index (χ0n) is 16.8. The van der Waals surface area contributed by atoms with E-state index in [0.29, 0.717) is 17.3 Å². The van der Waals surface area contributed by atoms with E-state index >= 15 is 0 Å². The third-order valence-corrected chi connectivity index (χ3v) is 5.11. The van der Waals surface area contributed by atoms with Gasteiger partial charge in [-0.25, -0.2) is 9.78 Å². The first kappa shape index (κ1) is 21.0. The van der Waals surface area contributed by atoms with Crippen molar-refractivity contribution in [3.63, 3.8) is 0 Å². The Hall–Kier alpha value is -3.70. The Morgan fingerprint density at radius 1 is 1.30 bits per heavy atom. The fourth-order valence-corrected chi connectivity index (χ4v) is 3.57. The third kappa shape index (κ3) is 4.47. The number of aromatic nitrogens is 2. The van der Waals surface area contributed by atoms with E-state index in [1.165, 1.54) is 11.3 Å². The molecule has 1 aromatic carbocycles. The van der Waals surface area contributed by atoms with E-state index in [2.05, 4.69) is 10.3 Å². The van der Waals surface area contributed by atoms with Gasteiger partial charge in [-0.2, -0.15) is 5.26 Å². The van der Waals surface area contributed by atoms with Gasteiger partial charge >= 0.3 is 5.97 Å². The number of benzene rings is 1. The van der Waals surface area contributed by atoms with Crippen molar-refractivity contribution in [2.24, 2.45) is 0 Å². The highest BCUT2D eigenvalue weighted by Crippen LogP contribution is 2.24. The lowest BCUT2D eigenvalue weighted by Gasteiger charge is -2.10. The molecule has 152 valence electrons. The maximum atomic E-state index is 12.4. The number of esters is 1. The Labute approximate surface area is 178 Å². The molecular weight excluding hydrogens is 400 g/mol. The van der Waals surface area contributed by atoms with Crippen LogP contribution in [0.4, 0.5) is 5.13 Å². The maximum absolute atomic E-state index is 12.4. The molecule has 0 saturated heterocycles. The fourth-order valence-electron chi connectivity index (χ4n) is 3.05. The van der Waals surface area contributed by atoms with Crippen LogP contribution in [-0.4, -0.2) is 28.0 Å². The standard InChI is InChI=1S/C22H20N4O3S/c1-4-29-21(28)16-5-7-19(8-6-16)26-14(2)11-17(15(26)3)12-18(13-23)20(27)25-22-24-9-10-30-22/h5-12H,4H2,1-3H3,(H,24,25,27)/b18-12+. The van der Waals surface area contributed by atoms with Crippen LogP contribution in [0, 0.1) is 25.2 Å². The number of carbonyl (C=O) groups is 2. The number of ether oxygens (including phenoxy) is 1. The van der Waals surface area contributed by atoms with E-state index in [1.54, 1.807) is 36.7 Å². The van der Waals surface area contributed by atoms with Crippen molar-refractivity contribution in [1.82, 2.24) is 9.55 Å². The average molecular weight is 420 g/mol. The normalized spacial score (nSPS) is 11.1. The van der Waals surface area contributed by atoms with Crippen LogP contribution < -0.4 is 5.32 Å². The second-order valence-corrected chi connectivity index (χ2v) is 7.28. The number of nitrogens with zero attached hydrogens (tertiary/aromatic N) is 3. The van der Waals surface area contributed by atoms with E-state index in [0.717, 1.165) is 22.6 Å². The van der Waals surface area contributed by atoms with Crippen molar-refractivity contribution in [2.75, 3.05) is 11.9 Å².